The van der Waals surface area contributed by atoms with E-state index in [2.05, 4.69) is 34.4 Å². The second-order valence-electron chi connectivity index (χ2n) is 5.41. The number of methoxy groups -OCH3 is 1. The first kappa shape index (κ1) is 17.2. The number of piperidine rings is 1. The molecule has 118 valence electrons. The Bertz CT molecular complexity index is 271. The van der Waals surface area contributed by atoms with Crippen LogP contribution in [0.25, 0.3) is 0 Å². The Morgan fingerprint density at radius 1 is 1.35 bits per heavy atom. The first-order valence-corrected chi connectivity index (χ1v) is 8.03. The highest BCUT2D eigenvalue weighted by atomic mass is 16.5. The van der Waals surface area contributed by atoms with Gasteiger partial charge in [0.1, 0.15) is 0 Å². The number of rotatable bonds is 8. The summed E-state index contributed by atoms with van der Waals surface area (Å²) in [5.74, 6) is 0.899. The van der Waals surface area contributed by atoms with Crippen molar-refractivity contribution in [2.24, 2.45) is 4.99 Å². The summed E-state index contributed by atoms with van der Waals surface area (Å²) in [6, 6.07) is 0.751. The molecule has 0 radical (unpaired) electrons. The predicted octanol–water partition coefficient (Wildman–Crippen LogP) is 1.45. The molecule has 1 aliphatic heterocycles. The van der Waals surface area contributed by atoms with E-state index in [1.54, 1.807) is 7.11 Å². The van der Waals surface area contributed by atoms with Gasteiger partial charge in [-0.1, -0.05) is 6.42 Å². The van der Waals surface area contributed by atoms with Gasteiger partial charge >= 0.3 is 0 Å². The molecule has 1 heterocycles. The molecule has 0 saturated carbocycles. The fraction of sp³-hybridized carbons (Fsp3) is 0.933. The normalized spacial score (nSPS) is 20.9. The molecule has 0 aromatic heterocycles. The van der Waals surface area contributed by atoms with Crippen LogP contribution in [0.1, 0.15) is 39.5 Å². The second kappa shape index (κ2) is 10.9. The molecule has 1 saturated heterocycles. The van der Waals surface area contributed by atoms with Crippen molar-refractivity contribution < 1.29 is 4.74 Å². The van der Waals surface area contributed by atoms with Gasteiger partial charge in [-0.25, -0.2) is 0 Å². The summed E-state index contributed by atoms with van der Waals surface area (Å²) in [7, 11) is 1.71. The third-order valence-corrected chi connectivity index (χ3v) is 3.76. The van der Waals surface area contributed by atoms with Crippen molar-refractivity contribution in [3.63, 3.8) is 0 Å². The minimum absolute atomic E-state index is 0.704. The number of hydrogen-bond acceptors (Lipinski definition) is 3. The van der Waals surface area contributed by atoms with Gasteiger partial charge < -0.3 is 20.3 Å². The molecule has 0 aliphatic carbocycles. The average molecular weight is 284 g/mol. The topological polar surface area (TPSA) is 48.9 Å². The van der Waals surface area contributed by atoms with E-state index in [0.29, 0.717) is 6.61 Å². The first-order chi connectivity index (χ1) is 9.77. The third kappa shape index (κ3) is 7.10. The van der Waals surface area contributed by atoms with E-state index in [1.807, 2.05) is 0 Å². The van der Waals surface area contributed by atoms with Crippen LogP contribution in [0.4, 0.5) is 0 Å². The molecule has 0 aromatic carbocycles. The SMILES string of the molecule is CCNC(=NCCCN1CCCCC1C)NCCOC. The molecule has 0 bridgehead atoms. The molecule has 1 atom stereocenters. The Balaban J connectivity index is 2.21. The van der Waals surface area contributed by atoms with E-state index in [1.165, 1.54) is 32.4 Å². The summed E-state index contributed by atoms with van der Waals surface area (Å²) >= 11 is 0. The van der Waals surface area contributed by atoms with Crippen LogP contribution in [-0.4, -0.2) is 63.3 Å². The fourth-order valence-corrected chi connectivity index (χ4v) is 2.57. The summed E-state index contributed by atoms with van der Waals surface area (Å²) in [6.45, 7) is 10.1. The van der Waals surface area contributed by atoms with Crippen molar-refractivity contribution in [3.8, 4) is 0 Å². The maximum atomic E-state index is 5.04. The quantitative estimate of drug-likeness (QED) is 0.402. The Kier molecular flexibility index (Phi) is 9.41. The van der Waals surface area contributed by atoms with Gasteiger partial charge in [0.05, 0.1) is 6.61 Å². The number of likely N-dealkylation sites (tertiary alicyclic amines) is 1. The van der Waals surface area contributed by atoms with Crippen LogP contribution in [0.3, 0.4) is 0 Å². The number of guanidine groups is 1. The van der Waals surface area contributed by atoms with Crippen molar-refractivity contribution in [2.75, 3.05) is 46.4 Å². The Labute approximate surface area is 124 Å². The van der Waals surface area contributed by atoms with Crippen LogP contribution < -0.4 is 10.6 Å². The zero-order valence-electron chi connectivity index (χ0n) is 13.5. The highest BCUT2D eigenvalue weighted by molar-refractivity contribution is 5.79. The summed E-state index contributed by atoms with van der Waals surface area (Å²) in [5, 5.41) is 6.53. The van der Waals surface area contributed by atoms with E-state index in [-0.39, 0.29) is 0 Å². The fourth-order valence-electron chi connectivity index (χ4n) is 2.57. The van der Waals surface area contributed by atoms with Crippen LogP contribution in [0.2, 0.25) is 0 Å². The second-order valence-corrected chi connectivity index (χ2v) is 5.41. The van der Waals surface area contributed by atoms with Crippen LogP contribution >= 0.6 is 0 Å². The maximum Gasteiger partial charge on any atom is 0.191 e. The smallest absolute Gasteiger partial charge is 0.191 e. The number of nitrogens with zero attached hydrogens (tertiary/aromatic N) is 2. The minimum Gasteiger partial charge on any atom is -0.383 e. The van der Waals surface area contributed by atoms with Gasteiger partial charge in [0.25, 0.3) is 0 Å². The third-order valence-electron chi connectivity index (χ3n) is 3.76. The van der Waals surface area contributed by atoms with Crippen molar-refractivity contribution in [1.29, 1.82) is 0 Å². The molecule has 1 unspecified atom stereocenters. The molecule has 0 amide bonds. The molecule has 5 heteroatoms. The molecule has 20 heavy (non-hydrogen) atoms. The number of aliphatic imine (C=N–C) groups is 1. The van der Waals surface area contributed by atoms with Crippen molar-refractivity contribution in [1.82, 2.24) is 15.5 Å². The average Bonchev–Trinajstić information content (AvgIpc) is 2.45. The molecular formula is C15H32N4O. The van der Waals surface area contributed by atoms with Crippen LogP contribution in [0.5, 0.6) is 0 Å². The molecule has 2 N–H and O–H groups in total. The lowest BCUT2D eigenvalue weighted by atomic mass is 10.0. The standard InChI is InChI=1S/C15H32N4O/c1-4-16-15(18-10-13-20-3)17-9-7-12-19-11-6-5-8-14(19)2/h14H,4-13H2,1-3H3,(H2,16,17,18). The van der Waals surface area contributed by atoms with E-state index >= 15 is 0 Å². The number of hydrogen-bond donors (Lipinski definition) is 2. The zero-order chi connectivity index (χ0) is 14.6. The van der Waals surface area contributed by atoms with Gasteiger partial charge in [-0.15, -0.1) is 0 Å². The Morgan fingerprint density at radius 2 is 2.20 bits per heavy atom. The molecular weight excluding hydrogens is 252 g/mol. The number of ether oxygens (including phenoxy) is 1. The molecule has 1 aliphatic rings. The monoisotopic (exact) mass is 284 g/mol. The van der Waals surface area contributed by atoms with Gasteiger partial charge in [0.2, 0.25) is 0 Å². The van der Waals surface area contributed by atoms with Gasteiger partial charge in [0.15, 0.2) is 5.96 Å². The molecule has 0 spiro atoms. The maximum absolute atomic E-state index is 5.04. The molecule has 5 nitrogen and oxygen atoms in total. The zero-order valence-corrected chi connectivity index (χ0v) is 13.5. The van der Waals surface area contributed by atoms with Crippen molar-refractivity contribution in [2.45, 2.75) is 45.6 Å². The molecule has 1 fully saturated rings. The van der Waals surface area contributed by atoms with Crippen LogP contribution in [0, 0.1) is 0 Å². The predicted molar refractivity (Wildman–Crippen MR) is 85.4 cm³/mol. The van der Waals surface area contributed by atoms with E-state index in [9.17, 15) is 0 Å². The van der Waals surface area contributed by atoms with E-state index in [0.717, 1.165) is 38.1 Å². The highest BCUT2D eigenvalue weighted by Crippen LogP contribution is 2.16. The Morgan fingerprint density at radius 3 is 2.90 bits per heavy atom. The summed E-state index contributed by atoms with van der Waals surface area (Å²) in [6.07, 6.45) is 5.23. The first-order valence-electron chi connectivity index (χ1n) is 8.03. The van der Waals surface area contributed by atoms with E-state index < -0.39 is 0 Å². The molecule has 0 aromatic rings. The van der Waals surface area contributed by atoms with Gasteiger partial charge in [-0.2, -0.15) is 0 Å². The van der Waals surface area contributed by atoms with Gasteiger partial charge in [-0.3, -0.25) is 4.99 Å². The summed E-state index contributed by atoms with van der Waals surface area (Å²) in [4.78, 5) is 7.21. The largest absolute Gasteiger partial charge is 0.383 e. The lowest BCUT2D eigenvalue weighted by Crippen LogP contribution is -2.39. The lowest BCUT2D eigenvalue weighted by molar-refractivity contribution is 0.160. The molecule has 1 rings (SSSR count). The van der Waals surface area contributed by atoms with E-state index in [4.69, 9.17) is 4.74 Å². The summed E-state index contributed by atoms with van der Waals surface area (Å²) < 4.78 is 5.04. The minimum atomic E-state index is 0.704. The lowest BCUT2D eigenvalue weighted by Gasteiger charge is -2.33. The number of nitrogens with one attached hydrogen (secondary N) is 2. The summed E-state index contributed by atoms with van der Waals surface area (Å²) in [5.41, 5.74) is 0. The Hall–Kier alpha value is -0.810. The van der Waals surface area contributed by atoms with Crippen molar-refractivity contribution in [3.05, 3.63) is 0 Å². The van der Waals surface area contributed by atoms with Gasteiger partial charge in [0, 0.05) is 39.3 Å². The van der Waals surface area contributed by atoms with Crippen LogP contribution in [0.15, 0.2) is 4.99 Å². The van der Waals surface area contributed by atoms with Crippen molar-refractivity contribution >= 4 is 5.96 Å². The van der Waals surface area contributed by atoms with Gasteiger partial charge in [-0.05, 0) is 39.7 Å². The highest BCUT2D eigenvalue weighted by Gasteiger charge is 2.16. The van der Waals surface area contributed by atoms with Crippen LogP contribution in [-0.2, 0) is 4.74 Å².